The molecule has 0 spiro atoms. The number of carbonyl (C=O) groups is 1. The van der Waals surface area contributed by atoms with Crippen molar-refractivity contribution >= 4 is 5.78 Å². The zero-order chi connectivity index (χ0) is 11.4. The number of nitrogens with one attached hydrogen (secondary N) is 1. The van der Waals surface area contributed by atoms with Crippen LogP contribution >= 0.6 is 0 Å². The highest BCUT2D eigenvalue weighted by molar-refractivity contribution is 5.86. The molecule has 0 radical (unpaired) electrons. The fourth-order valence-corrected chi connectivity index (χ4v) is 1.46. The van der Waals surface area contributed by atoms with Crippen LogP contribution < -0.4 is 5.32 Å². The summed E-state index contributed by atoms with van der Waals surface area (Å²) in [4.78, 5) is 11.8. The Morgan fingerprint density at radius 3 is 2.20 bits per heavy atom. The molecule has 0 amide bonds. The van der Waals surface area contributed by atoms with Crippen LogP contribution in [-0.4, -0.2) is 12.8 Å². The van der Waals surface area contributed by atoms with E-state index in [4.69, 9.17) is 0 Å². The molecular weight excluding hydrogens is 193 g/mol. The maximum absolute atomic E-state index is 12.7. The van der Waals surface area contributed by atoms with E-state index in [-0.39, 0.29) is 23.6 Å². The zero-order valence-corrected chi connectivity index (χ0v) is 9.25. The van der Waals surface area contributed by atoms with Crippen LogP contribution in [0, 0.1) is 11.7 Å². The normalized spacial score (nSPS) is 12.9. The molecule has 0 heterocycles. The molecule has 1 N–H and O–H groups in total. The van der Waals surface area contributed by atoms with Gasteiger partial charge in [-0.1, -0.05) is 26.0 Å². The summed E-state index contributed by atoms with van der Waals surface area (Å²) in [7, 11) is 1.73. The van der Waals surface area contributed by atoms with Gasteiger partial charge in [-0.3, -0.25) is 4.79 Å². The summed E-state index contributed by atoms with van der Waals surface area (Å²) in [5, 5.41) is 2.95. The Labute approximate surface area is 89.5 Å². The Balaban J connectivity index is 2.92. The van der Waals surface area contributed by atoms with Crippen LogP contribution in [0.1, 0.15) is 25.5 Å². The number of Topliss-reactive ketones (excluding diaryl/α,β-unsaturated/α-hetero) is 1. The summed E-state index contributed by atoms with van der Waals surface area (Å²) in [6.45, 7) is 3.71. The molecule has 1 unspecified atom stereocenters. The Morgan fingerprint density at radius 2 is 1.80 bits per heavy atom. The average molecular weight is 209 g/mol. The van der Waals surface area contributed by atoms with Crippen molar-refractivity contribution in [2.24, 2.45) is 5.92 Å². The van der Waals surface area contributed by atoms with Crippen molar-refractivity contribution in [2.45, 2.75) is 19.9 Å². The van der Waals surface area contributed by atoms with Crippen LogP contribution in [0.2, 0.25) is 0 Å². The number of carbonyl (C=O) groups excluding carboxylic acids is 1. The van der Waals surface area contributed by atoms with Crippen molar-refractivity contribution in [2.75, 3.05) is 7.05 Å². The number of likely N-dealkylation sites (N-methyl/N-ethyl adjacent to an activating group) is 1. The lowest BCUT2D eigenvalue weighted by Gasteiger charge is -2.17. The highest BCUT2D eigenvalue weighted by atomic mass is 19.1. The van der Waals surface area contributed by atoms with Gasteiger partial charge in [-0.05, 0) is 24.7 Å². The van der Waals surface area contributed by atoms with Gasteiger partial charge in [0.1, 0.15) is 5.82 Å². The first-order valence-electron chi connectivity index (χ1n) is 5.02. The fourth-order valence-electron chi connectivity index (χ4n) is 1.46. The number of rotatable bonds is 4. The number of hydrogen-bond donors (Lipinski definition) is 1. The minimum Gasteiger partial charge on any atom is -0.307 e. The van der Waals surface area contributed by atoms with Crippen LogP contribution in [0.25, 0.3) is 0 Å². The highest BCUT2D eigenvalue weighted by Gasteiger charge is 2.20. The monoisotopic (exact) mass is 209 g/mol. The molecule has 1 atom stereocenters. The molecule has 3 heteroatoms. The van der Waals surface area contributed by atoms with Gasteiger partial charge < -0.3 is 5.32 Å². The lowest BCUT2D eigenvalue weighted by Crippen LogP contribution is -2.28. The summed E-state index contributed by atoms with van der Waals surface area (Å²) in [6.07, 6.45) is 0. The maximum Gasteiger partial charge on any atom is 0.156 e. The van der Waals surface area contributed by atoms with Crippen LogP contribution in [0.3, 0.4) is 0 Å². The third kappa shape index (κ3) is 2.86. The van der Waals surface area contributed by atoms with E-state index in [1.807, 2.05) is 13.8 Å². The lowest BCUT2D eigenvalue weighted by atomic mass is 9.95. The Morgan fingerprint density at radius 1 is 1.27 bits per heavy atom. The molecule has 1 aromatic rings. The minimum atomic E-state index is -0.342. The molecule has 0 aromatic heterocycles. The molecule has 82 valence electrons. The molecular formula is C12H16FNO. The largest absolute Gasteiger partial charge is 0.307 e. The predicted molar refractivity (Wildman–Crippen MR) is 58.0 cm³/mol. The van der Waals surface area contributed by atoms with Crippen molar-refractivity contribution in [3.05, 3.63) is 35.6 Å². The topological polar surface area (TPSA) is 29.1 Å². The third-order valence-corrected chi connectivity index (χ3v) is 2.35. The van der Waals surface area contributed by atoms with E-state index in [1.54, 1.807) is 19.2 Å². The van der Waals surface area contributed by atoms with Gasteiger partial charge in [-0.15, -0.1) is 0 Å². The predicted octanol–water partition coefficient (Wildman–Crippen LogP) is 2.31. The first-order chi connectivity index (χ1) is 7.06. The Hall–Kier alpha value is -1.22. The van der Waals surface area contributed by atoms with Crippen LogP contribution in [0.15, 0.2) is 24.3 Å². The second kappa shape index (κ2) is 5.03. The smallest absolute Gasteiger partial charge is 0.156 e. The summed E-state index contributed by atoms with van der Waals surface area (Å²) in [5.41, 5.74) is 0.803. The van der Waals surface area contributed by atoms with Gasteiger partial charge in [0.2, 0.25) is 0 Å². The molecule has 0 aliphatic rings. The summed E-state index contributed by atoms with van der Waals surface area (Å²) in [5.74, 6) is -0.206. The summed E-state index contributed by atoms with van der Waals surface area (Å²) in [6, 6.07) is 5.67. The van der Waals surface area contributed by atoms with Crippen LogP contribution in [0.4, 0.5) is 4.39 Å². The second-order valence-corrected chi connectivity index (χ2v) is 3.83. The minimum absolute atomic E-state index is 0.0347. The molecule has 15 heavy (non-hydrogen) atoms. The van der Waals surface area contributed by atoms with Crippen molar-refractivity contribution in [1.29, 1.82) is 0 Å². The maximum atomic E-state index is 12.7. The molecule has 0 aliphatic heterocycles. The third-order valence-electron chi connectivity index (χ3n) is 2.35. The van der Waals surface area contributed by atoms with E-state index in [2.05, 4.69) is 5.32 Å². The second-order valence-electron chi connectivity index (χ2n) is 3.83. The summed E-state index contributed by atoms with van der Waals surface area (Å²) < 4.78 is 12.7. The van der Waals surface area contributed by atoms with E-state index >= 15 is 0 Å². The lowest BCUT2D eigenvalue weighted by molar-refractivity contribution is -0.124. The molecule has 0 saturated heterocycles. The van der Waals surface area contributed by atoms with E-state index in [1.165, 1.54) is 12.1 Å². The van der Waals surface area contributed by atoms with Crippen LogP contribution in [-0.2, 0) is 4.79 Å². The first kappa shape index (κ1) is 11.9. The van der Waals surface area contributed by atoms with Crippen molar-refractivity contribution in [3.63, 3.8) is 0 Å². The Bertz CT molecular complexity index is 332. The number of ketones is 1. The molecule has 0 fully saturated rings. The Kier molecular flexibility index (Phi) is 3.97. The van der Waals surface area contributed by atoms with Gasteiger partial charge in [0.15, 0.2) is 5.78 Å². The number of halogens is 1. The van der Waals surface area contributed by atoms with Crippen molar-refractivity contribution in [3.8, 4) is 0 Å². The van der Waals surface area contributed by atoms with E-state index in [0.717, 1.165) is 5.56 Å². The molecule has 2 nitrogen and oxygen atoms in total. The standard InChI is InChI=1S/C12H16FNO/c1-8(2)12(15)11(14-3)9-4-6-10(13)7-5-9/h4-8,11,14H,1-3H3. The molecule has 0 bridgehead atoms. The average Bonchev–Trinajstić information content (AvgIpc) is 2.21. The molecule has 1 rings (SSSR count). The SMILES string of the molecule is CNC(C(=O)C(C)C)c1ccc(F)cc1. The van der Waals surface area contributed by atoms with E-state index in [9.17, 15) is 9.18 Å². The van der Waals surface area contributed by atoms with Gasteiger partial charge >= 0.3 is 0 Å². The van der Waals surface area contributed by atoms with E-state index < -0.39 is 0 Å². The highest BCUT2D eigenvalue weighted by Crippen LogP contribution is 2.17. The van der Waals surface area contributed by atoms with Gasteiger partial charge in [-0.25, -0.2) is 4.39 Å². The van der Waals surface area contributed by atoms with Gasteiger partial charge in [0.25, 0.3) is 0 Å². The quantitative estimate of drug-likeness (QED) is 0.824. The zero-order valence-electron chi connectivity index (χ0n) is 9.25. The van der Waals surface area contributed by atoms with Crippen molar-refractivity contribution < 1.29 is 9.18 Å². The van der Waals surface area contributed by atoms with Crippen LogP contribution in [0.5, 0.6) is 0 Å². The first-order valence-corrected chi connectivity index (χ1v) is 5.02. The summed E-state index contributed by atoms with van der Waals surface area (Å²) >= 11 is 0. The molecule has 1 aromatic carbocycles. The number of benzene rings is 1. The molecule has 0 aliphatic carbocycles. The van der Waals surface area contributed by atoms with Crippen molar-refractivity contribution in [1.82, 2.24) is 5.32 Å². The number of hydrogen-bond acceptors (Lipinski definition) is 2. The fraction of sp³-hybridized carbons (Fsp3) is 0.417. The van der Waals surface area contributed by atoms with E-state index in [0.29, 0.717) is 0 Å². The van der Waals surface area contributed by atoms with Gasteiger partial charge in [0, 0.05) is 5.92 Å². The van der Waals surface area contributed by atoms with Gasteiger partial charge in [-0.2, -0.15) is 0 Å². The van der Waals surface area contributed by atoms with Gasteiger partial charge in [0.05, 0.1) is 6.04 Å². The molecule has 0 saturated carbocycles.